The summed E-state index contributed by atoms with van der Waals surface area (Å²) in [5, 5.41) is 2.91. The van der Waals surface area contributed by atoms with Crippen LogP contribution in [-0.4, -0.2) is 21.8 Å². The van der Waals surface area contributed by atoms with Gasteiger partial charge < -0.3 is 16.0 Å². The molecular formula is C22H32N4O2. The predicted molar refractivity (Wildman–Crippen MR) is 111 cm³/mol. The van der Waals surface area contributed by atoms with Crippen molar-refractivity contribution in [1.29, 1.82) is 0 Å². The minimum Gasteiger partial charge on any atom is -0.370 e. The Hall–Kier alpha value is -2.63. The molecule has 4 N–H and O–H groups in total. The number of nitrogens with zero attached hydrogens (tertiary/aromatic N) is 1. The summed E-state index contributed by atoms with van der Waals surface area (Å²) in [6.45, 7) is 2.17. The third-order valence-corrected chi connectivity index (χ3v) is 4.75. The second kappa shape index (κ2) is 12.0. The van der Waals surface area contributed by atoms with E-state index in [4.69, 9.17) is 5.73 Å². The molecule has 0 aliphatic heterocycles. The molecule has 1 atom stereocenters. The number of primary amides is 1. The Morgan fingerprint density at radius 1 is 1.11 bits per heavy atom. The Balaban J connectivity index is 1.88. The van der Waals surface area contributed by atoms with Crippen LogP contribution in [0.25, 0.3) is 0 Å². The fourth-order valence-corrected chi connectivity index (χ4v) is 3.18. The average Bonchev–Trinajstić information content (AvgIpc) is 3.15. The highest BCUT2D eigenvalue weighted by Gasteiger charge is 2.20. The summed E-state index contributed by atoms with van der Waals surface area (Å²) in [6, 6.07) is 9.72. The van der Waals surface area contributed by atoms with Crippen LogP contribution >= 0.6 is 0 Å². The van der Waals surface area contributed by atoms with E-state index in [0.717, 1.165) is 37.8 Å². The first-order valence-electron chi connectivity index (χ1n) is 10.2. The monoisotopic (exact) mass is 384 g/mol. The van der Waals surface area contributed by atoms with Crippen molar-refractivity contribution < 1.29 is 9.59 Å². The fourth-order valence-electron chi connectivity index (χ4n) is 3.18. The third kappa shape index (κ3) is 7.94. The van der Waals surface area contributed by atoms with Gasteiger partial charge in [0.05, 0.1) is 12.5 Å². The number of aryl methyl sites for hydroxylation is 2. The topological polar surface area (TPSA) is 101 Å². The van der Waals surface area contributed by atoms with Crippen molar-refractivity contribution in [3.8, 4) is 0 Å². The molecule has 1 aromatic heterocycles. The van der Waals surface area contributed by atoms with Gasteiger partial charge in [0.25, 0.3) is 0 Å². The van der Waals surface area contributed by atoms with Crippen LogP contribution < -0.4 is 11.1 Å². The molecule has 2 aromatic rings. The lowest BCUT2D eigenvalue weighted by Gasteiger charge is -2.15. The van der Waals surface area contributed by atoms with Crippen LogP contribution in [0.2, 0.25) is 0 Å². The molecule has 0 saturated carbocycles. The molecule has 0 fully saturated rings. The van der Waals surface area contributed by atoms with Gasteiger partial charge in [0.2, 0.25) is 11.8 Å². The van der Waals surface area contributed by atoms with Crippen molar-refractivity contribution in [3.63, 3.8) is 0 Å². The number of aromatic nitrogens is 2. The molecule has 0 bridgehead atoms. The minimum atomic E-state index is -0.508. The van der Waals surface area contributed by atoms with Crippen molar-refractivity contribution in [3.05, 3.63) is 53.6 Å². The summed E-state index contributed by atoms with van der Waals surface area (Å²) in [5.74, 6) is 0.0571. The first-order valence-corrected chi connectivity index (χ1v) is 10.2. The zero-order chi connectivity index (χ0) is 20.2. The van der Waals surface area contributed by atoms with Gasteiger partial charge in [-0.25, -0.2) is 4.98 Å². The maximum atomic E-state index is 12.3. The molecule has 1 heterocycles. The van der Waals surface area contributed by atoms with Crippen LogP contribution in [0.4, 0.5) is 0 Å². The molecule has 0 saturated heterocycles. The smallest absolute Gasteiger partial charge is 0.220 e. The molecule has 28 heavy (non-hydrogen) atoms. The van der Waals surface area contributed by atoms with Crippen molar-refractivity contribution in [2.24, 2.45) is 5.73 Å². The van der Waals surface area contributed by atoms with Crippen molar-refractivity contribution >= 4 is 11.8 Å². The van der Waals surface area contributed by atoms with E-state index in [1.165, 1.54) is 18.4 Å². The quantitative estimate of drug-likeness (QED) is 0.460. The number of carbonyl (C=O) groups excluding carboxylic acids is 2. The average molecular weight is 385 g/mol. The molecule has 6 nitrogen and oxygen atoms in total. The van der Waals surface area contributed by atoms with Gasteiger partial charge in [-0.3, -0.25) is 9.59 Å². The van der Waals surface area contributed by atoms with Gasteiger partial charge in [0.1, 0.15) is 5.82 Å². The number of aromatic amines is 1. The molecular weight excluding hydrogens is 352 g/mol. The number of benzene rings is 1. The van der Waals surface area contributed by atoms with E-state index >= 15 is 0 Å². The molecule has 1 aromatic carbocycles. The number of amides is 2. The number of carbonyl (C=O) groups is 2. The first-order chi connectivity index (χ1) is 13.6. The number of hydrogen-bond acceptors (Lipinski definition) is 3. The number of imidazole rings is 1. The molecule has 152 valence electrons. The van der Waals surface area contributed by atoms with Crippen LogP contribution in [-0.2, 0) is 22.4 Å². The SMILES string of the molecule is CCCCCCCC(=O)N[C@H](CC(N)=O)c1ncc(CCc2ccccc2)[nH]1. The lowest BCUT2D eigenvalue weighted by atomic mass is 10.1. The second-order valence-electron chi connectivity index (χ2n) is 7.23. The highest BCUT2D eigenvalue weighted by molar-refractivity contribution is 5.79. The predicted octanol–water partition coefficient (Wildman–Crippen LogP) is 3.59. The molecule has 0 unspecified atom stereocenters. The highest BCUT2D eigenvalue weighted by Crippen LogP contribution is 2.15. The summed E-state index contributed by atoms with van der Waals surface area (Å²) in [4.78, 5) is 31.3. The van der Waals surface area contributed by atoms with Crippen LogP contribution in [0.15, 0.2) is 36.5 Å². The van der Waals surface area contributed by atoms with Gasteiger partial charge in [0.15, 0.2) is 0 Å². The van der Waals surface area contributed by atoms with Gasteiger partial charge in [-0.15, -0.1) is 0 Å². The molecule has 2 rings (SSSR count). The fraction of sp³-hybridized carbons (Fsp3) is 0.500. The second-order valence-corrected chi connectivity index (χ2v) is 7.23. The summed E-state index contributed by atoms with van der Waals surface area (Å²) < 4.78 is 0. The van der Waals surface area contributed by atoms with Gasteiger partial charge in [-0.05, 0) is 24.8 Å². The summed E-state index contributed by atoms with van der Waals surface area (Å²) in [6.07, 6.45) is 9.40. The zero-order valence-electron chi connectivity index (χ0n) is 16.7. The van der Waals surface area contributed by atoms with E-state index in [1.807, 2.05) is 18.2 Å². The lowest BCUT2D eigenvalue weighted by Crippen LogP contribution is -2.32. The molecule has 0 aliphatic rings. The maximum Gasteiger partial charge on any atom is 0.220 e. The Bertz CT molecular complexity index is 727. The maximum absolute atomic E-state index is 12.3. The highest BCUT2D eigenvalue weighted by atomic mass is 16.2. The van der Waals surface area contributed by atoms with E-state index in [2.05, 4.69) is 34.3 Å². The van der Waals surface area contributed by atoms with E-state index in [1.54, 1.807) is 6.20 Å². The lowest BCUT2D eigenvalue weighted by molar-refractivity contribution is -0.122. The van der Waals surface area contributed by atoms with Crippen molar-refractivity contribution in [2.45, 2.75) is 70.8 Å². The van der Waals surface area contributed by atoms with Crippen LogP contribution in [0.1, 0.15) is 75.0 Å². The third-order valence-electron chi connectivity index (χ3n) is 4.75. The molecule has 2 amide bonds. The Morgan fingerprint density at radius 2 is 1.86 bits per heavy atom. The Kier molecular flexibility index (Phi) is 9.25. The van der Waals surface area contributed by atoms with Crippen LogP contribution in [0.5, 0.6) is 0 Å². The Labute approximate surface area is 167 Å². The number of hydrogen-bond donors (Lipinski definition) is 3. The van der Waals surface area contributed by atoms with Gasteiger partial charge in [-0.1, -0.05) is 62.9 Å². The summed E-state index contributed by atoms with van der Waals surface area (Å²) in [5.41, 5.74) is 7.60. The van der Waals surface area contributed by atoms with Crippen LogP contribution in [0, 0.1) is 0 Å². The van der Waals surface area contributed by atoms with E-state index < -0.39 is 11.9 Å². The molecule has 0 aliphatic carbocycles. The number of unbranched alkanes of at least 4 members (excludes halogenated alkanes) is 4. The first kappa shape index (κ1) is 21.7. The molecule has 6 heteroatoms. The number of rotatable bonds is 13. The zero-order valence-corrected chi connectivity index (χ0v) is 16.7. The van der Waals surface area contributed by atoms with E-state index in [9.17, 15) is 9.59 Å². The van der Waals surface area contributed by atoms with Crippen molar-refractivity contribution in [2.75, 3.05) is 0 Å². The van der Waals surface area contributed by atoms with Gasteiger partial charge >= 0.3 is 0 Å². The van der Waals surface area contributed by atoms with E-state index in [0.29, 0.717) is 12.2 Å². The van der Waals surface area contributed by atoms with Crippen molar-refractivity contribution in [1.82, 2.24) is 15.3 Å². The minimum absolute atomic E-state index is 0.0349. The summed E-state index contributed by atoms with van der Waals surface area (Å²) in [7, 11) is 0. The van der Waals surface area contributed by atoms with Crippen LogP contribution in [0.3, 0.4) is 0 Å². The normalized spacial score (nSPS) is 11.9. The molecule has 0 spiro atoms. The van der Waals surface area contributed by atoms with Gasteiger partial charge in [-0.2, -0.15) is 0 Å². The number of nitrogens with one attached hydrogen (secondary N) is 2. The largest absolute Gasteiger partial charge is 0.370 e. The summed E-state index contributed by atoms with van der Waals surface area (Å²) >= 11 is 0. The Morgan fingerprint density at radius 3 is 2.57 bits per heavy atom. The standard InChI is InChI=1S/C22H32N4O2/c1-2-3-4-5-9-12-21(28)26-19(15-20(23)27)22-24-16-18(25-22)14-13-17-10-7-6-8-11-17/h6-8,10-11,16,19H,2-5,9,12-15H2,1H3,(H2,23,27)(H,24,25)(H,26,28)/t19-/m1/s1. The van der Waals surface area contributed by atoms with E-state index in [-0.39, 0.29) is 12.3 Å². The van der Waals surface area contributed by atoms with Gasteiger partial charge in [0, 0.05) is 18.3 Å². The molecule has 0 radical (unpaired) electrons. The number of nitrogens with two attached hydrogens (primary N) is 1. The number of H-pyrrole nitrogens is 1.